The Morgan fingerprint density at radius 3 is 2.76 bits per heavy atom. The fourth-order valence-corrected chi connectivity index (χ4v) is 1.98. The molecule has 1 atom stereocenters. The fraction of sp³-hybridized carbons (Fsp3) is 0.429. The number of halogens is 1. The van der Waals surface area contributed by atoms with Gasteiger partial charge in [-0.15, -0.1) is 0 Å². The van der Waals surface area contributed by atoms with Crippen molar-refractivity contribution >= 4 is 15.9 Å². The summed E-state index contributed by atoms with van der Waals surface area (Å²) in [6, 6.07) is 6.34. The molecule has 0 amide bonds. The second-order valence-corrected chi connectivity index (χ2v) is 5.24. The Bertz CT molecular complexity index is 390. The highest BCUT2D eigenvalue weighted by atomic mass is 79.9. The predicted molar refractivity (Wildman–Crippen MR) is 76.4 cm³/mol. The van der Waals surface area contributed by atoms with Gasteiger partial charge in [-0.05, 0) is 59.0 Å². The van der Waals surface area contributed by atoms with Crippen LogP contribution in [0.25, 0.3) is 0 Å². The average molecular weight is 298 g/mol. The molecule has 94 valence electrons. The Hall–Kier alpha value is -0.800. The summed E-state index contributed by atoms with van der Waals surface area (Å²) >= 11 is 3.51. The second-order valence-electron chi connectivity index (χ2n) is 4.38. The molecule has 2 N–H and O–H groups in total. The van der Waals surface area contributed by atoms with Crippen LogP contribution < -0.4 is 10.5 Å². The fourth-order valence-electron chi connectivity index (χ4n) is 1.44. The molecule has 0 aromatic heterocycles. The molecule has 1 aromatic rings. The lowest BCUT2D eigenvalue weighted by Gasteiger charge is -2.12. The lowest BCUT2D eigenvalue weighted by atomic mass is 10.0. The summed E-state index contributed by atoms with van der Waals surface area (Å²) in [5, 5.41) is 0. The van der Waals surface area contributed by atoms with E-state index in [0.717, 1.165) is 28.6 Å². The van der Waals surface area contributed by atoms with Crippen LogP contribution in [-0.2, 0) is 6.42 Å². The summed E-state index contributed by atoms with van der Waals surface area (Å²) in [7, 11) is 0. The molecule has 0 saturated heterocycles. The van der Waals surface area contributed by atoms with E-state index in [4.69, 9.17) is 10.5 Å². The molecular formula is C14H20BrNO. The predicted octanol–water partition coefficient (Wildman–Crippen LogP) is 3.68. The second kappa shape index (κ2) is 6.82. The molecule has 0 saturated carbocycles. The molecule has 2 nitrogen and oxygen atoms in total. The minimum Gasteiger partial charge on any atom is -0.488 e. The van der Waals surface area contributed by atoms with Crippen molar-refractivity contribution < 1.29 is 4.74 Å². The van der Waals surface area contributed by atoms with Crippen molar-refractivity contribution in [1.82, 2.24) is 0 Å². The summed E-state index contributed by atoms with van der Waals surface area (Å²) in [6.07, 6.45) is 1.89. The summed E-state index contributed by atoms with van der Waals surface area (Å²) in [5.41, 5.74) is 8.17. The van der Waals surface area contributed by atoms with Crippen molar-refractivity contribution in [1.29, 1.82) is 0 Å². The molecule has 1 rings (SSSR count). The minimum atomic E-state index is 0.226. The molecule has 1 aromatic carbocycles. The average Bonchev–Trinajstić information content (AvgIpc) is 2.27. The topological polar surface area (TPSA) is 35.2 Å². The maximum atomic E-state index is 5.93. The van der Waals surface area contributed by atoms with Gasteiger partial charge in [-0.25, -0.2) is 0 Å². The minimum absolute atomic E-state index is 0.226. The third kappa shape index (κ3) is 4.92. The van der Waals surface area contributed by atoms with E-state index in [1.54, 1.807) is 0 Å². The van der Waals surface area contributed by atoms with Crippen molar-refractivity contribution in [2.45, 2.75) is 32.7 Å². The van der Waals surface area contributed by atoms with E-state index >= 15 is 0 Å². The number of ether oxygens (including phenoxy) is 1. The van der Waals surface area contributed by atoms with E-state index in [1.165, 1.54) is 5.56 Å². The zero-order valence-electron chi connectivity index (χ0n) is 10.5. The molecule has 0 spiro atoms. The van der Waals surface area contributed by atoms with Gasteiger partial charge < -0.3 is 10.5 Å². The van der Waals surface area contributed by atoms with E-state index < -0.39 is 0 Å². The molecule has 0 aliphatic carbocycles. The maximum absolute atomic E-state index is 5.93. The molecule has 0 fully saturated rings. The van der Waals surface area contributed by atoms with Gasteiger partial charge in [-0.1, -0.05) is 19.6 Å². The van der Waals surface area contributed by atoms with Crippen molar-refractivity contribution in [2.75, 3.05) is 6.61 Å². The number of benzene rings is 1. The lowest BCUT2D eigenvalue weighted by Crippen LogP contribution is -2.21. The first kappa shape index (κ1) is 14.3. The monoisotopic (exact) mass is 297 g/mol. The van der Waals surface area contributed by atoms with Gasteiger partial charge in [0.15, 0.2) is 0 Å². The summed E-state index contributed by atoms with van der Waals surface area (Å²) in [4.78, 5) is 0. The van der Waals surface area contributed by atoms with E-state index in [2.05, 4.69) is 41.6 Å². The maximum Gasteiger partial charge on any atom is 0.133 e. The highest BCUT2D eigenvalue weighted by molar-refractivity contribution is 9.10. The van der Waals surface area contributed by atoms with Crippen LogP contribution in [0, 0.1) is 0 Å². The molecule has 0 bridgehead atoms. The van der Waals surface area contributed by atoms with Gasteiger partial charge in [0.25, 0.3) is 0 Å². The number of rotatable bonds is 6. The highest BCUT2D eigenvalue weighted by Gasteiger charge is 2.06. The molecule has 0 radical (unpaired) electrons. The molecule has 1 unspecified atom stereocenters. The third-order valence-electron chi connectivity index (χ3n) is 2.49. The standard InChI is InChI=1S/C14H20BrNO/c1-4-12(16)7-11-5-6-14(13(15)8-11)17-9-10(2)3/h5-6,8,12H,2,4,7,9,16H2,1,3H3. The van der Waals surface area contributed by atoms with Crippen LogP contribution in [0.3, 0.4) is 0 Å². The van der Waals surface area contributed by atoms with Gasteiger partial charge in [0.05, 0.1) is 4.47 Å². The Balaban J connectivity index is 2.68. The van der Waals surface area contributed by atoms with Crippen molar-refractivity contribution in [3.05, 3.63) is 40.4 Å². The van der Waals surface area contributed by atoms with Crippen LogP contribution in [-0.4, -0.2) is 12.6 Å². The molecule has 0 aliphatic heterocycles. The molecule has 0 aliphatic rings. The SMILES string of the molecule is C=C(C)COc1ccc(CC(N)CC)cc1Br. The Kier molecular flexibility index (Phi) is 5.72. The van der Waals surface area contributed by atoms with Crippen molar-refractivity contribution in [3.63, 3.8) is 0 Å². The van der Waals surface area contributed by atoms with E-state index in [9.17, 15) is 0 Å². The first-order chi connectivity index (χ1) is 8.02. The largest absolute Gasteiger partial charge is 0.488 e. The zero-order valence-corrected chi connectivity index (χ0v) is 12.1. The first-order valence-corrected chi connectivity index (χ1v) is 6.63. The van der Waals surface area contributed by atoms with E-state index in [-0.39, 0.29) is 6.04 Å². The van der Waals surface area contributed by atoms with Gasteiger partial charge >= 0.3 is 0 Å². The molecule has 17 heavy (non-hydrogen) atoms. The number of hydrogen-bond acceptors (Lipinski definition) is 2. The Morgan fingerprint density at radius 1 is 1.53 bits per heavy atom. The van der Waals surface area contributed by atoms with Crippen LogP contribution in [0.4, 0.5) is 0 Å². The first-order valence-electron chi connectivity index (χ1n) is 5.84. The molecular weight excluding hydrogens is 278 g/mol. The highest BCUT2D eigenvalue weighted by Crippen LogP contribution is 2.26. The molecule has 3 heteroatoms. The summed E-state index contributed by atoms with van der Waals surface area (Å²) in [6.45, 7) is 8.41. The van der Waals surface area contributed by atoms with Crippen LogP contribution >= 0.6 is 15.9 Å². The van der Waals surface area contributed by atoms with Crippen LogP contribution in [0.5, 0.6) is 5.75 Å². The van der Waals surface area contributed by atoms with Gasteiger partial charge in [0.2, 0.25) is 0 Å². The van der Waals surface area contributed by atoms with Gasteiger partial charge in [0.1, 0.15) is 12.4 Å². The quantitative estimate of drug-likeness (QED) is 0.813. The number of nitrogens with two attached hydrogens (primary N) is 1. The van der Waals surface area contributed by atoms with Gasteiger partial charge in [-0.2, -0.15) is 0 Å². The smallest absolute Gasteiger partial charge is 0.133 e. The molecule has 0 heterocycles. The summed E-state index contributed by atoms with van der Waals surface area (Å²) < 4.78 is 6.58. The van der Waals surface area contributed by atoms with Crippen molar-refractivity contribution in [2.24, 2.45) is 5.73 Å². The van der Waals surface area contributed by atoms with E-state index in [1.807, 2.05) is 13.0 Å². The van der Waals surface area contributed by atoms with Gasteiger partial charge in [0, 0.05) is 6.04 Å². The third-order valence-corrected chi connectivity index (χ3v) is 3.11. The Labute approximate surface area is 112 Å². The Morgan fingerprint density at radius 2 is 2.24 bits per heavy atom. The zero-order chi connectivity index (χ0) is 12.8. The summed E-state index contributed by atoms with van der Waals surface area (Å²) in [5.74, 6) is 0.849. The van der Waals surface area contributed by atoms with Crippen LogP contribution in [0.15, 0.2) is 34.8 Å². The van der Waals surface area contributed by atoms with E-state index in [0.29, 0.717) is 6.61 Å². The van der Waals surface area contributed by atoms with Crippen LogP contribution in [0.1, 0.15) is 25.8 Å². The lowest BCUT2D eigenvalue weighted by molar-refractivity contribution is 0.350. The number of hydrogen-bond donors (Lipinski definition) is 1. The normalized spacial score (nSPS) is 12.2. The van der Waals surface area contributed by atoms with Crippen LogP contribution in [0.2, 0.25) is 0 Å². The van der Waals surface area contributed by atoms with Gasteiger partial charge in [-0.3, -0.25) is 0 Å². The van der Waals surface area contributed by atoms with Crippen molar-refractivity contribution in [3.8, 4) is 5.75 Å².